The second-order valence-corrected chi connectivity index (χ2v) is 7.02. The molecule has 2 amide bonds. The normalized spacial score (nSPS) is 15.8. The van der Waals surface area contributed by atoms with E-state index in [1.54, 1.807) is 0 Å². The summed E-state index contributed by atoms with van der Waals surface area (Å²) in [7, 11) is 0. The summed E-state index contributed by atoms with van der Waals surface area (Å²) in [4.78, 5) is 15.1. The number of carbonyl (C=O) groups is 1. The maximum Gasteiger partial charge on any atom is 0.322 e. The topological polar surface area (TPSA) is 46.5 Å². The fourth-order valence-corrected chi connectivity index (χ4v) is 3.78. The van der Waals surface area contributed by atoms with Gasteiger partial charge in [-0.3, -0.25) is 0 Å². The molecule has 0 spiro atoms. The zero-order valence-electron chi connectivity index (χ0n) is 16.3. The summed E-state index contributed by atoms with van der Waals surface area (Å²) in [6.07, 6.45) is 2.08. The number of ether oxygens (including phenoxy) is 1. The van der Waals surface area contributed by atoms with E-state index in [-0.39, 0.29) is 12.1 Å². The summed E-state index contributed by atoms with van der Waals surface area (Å²) in [5.41, 5.74) is 4.13. The van der Waals surface area contributed by atoms with Crippen LogP contribution in [-0.4, -0.2) is 28.6 Å². The number of hydrogen-bond acceptors (Lipinski definition) is 2. The molecule has 1 aliphatic rings. The van der Waals surface area contributed by atoms with E-state index in [0.717, 1.165) is 34.8 Å². The second-order valence-electron chi connectivity index (χ2n) is 7.02. The lowest BCUT2D eigenvalue weighted by atomic mass is 10.00. The van der Waals surface area contributed by atoms with E-state index in [0.29, 0.717) is 13.2 Å². The van der Waals surface area contributed by atoms with Crippen LogP contribution in [-0.2, 0) is 6.54 Å². The van der Waals surface area contributed by atoms with Crippen molar-refractivity contribution in [1.29, 1.82) is 0 Å². The largest absolute Gasteiger partial charge is 0.494 e. The molecule has 1 aliphatic heterocycles. The number of amides is 2. The molecule has 1 atom stereocenters. The highest BCUT2D eigenvalue weighted by molar-refractivity contribution is 5.90. The molecule has 144 valence electrons. The molecule has 0 saturated heterocycles. The van der Waals surface area contributed by atoms with Crippen molar-refractivity contribution in [2.75, 3.05) is 18.5 Å². The zero-order valence-corrected chi connectivity index (χ0v) is 16.3. The molecule has 5 heteroatoms. The Morgan fingerprint density at radius 1 is 1.11 bits per heavy atom. The molecule has 2 aromatic carbocycles. The van der Waals surface area contributed by atoms with Crippen LogP contribution in [0.1, 0.15) is 29.8 Å². The van der Waals surface area contributed by atoms with E-state index in [2.05, 4.69) is 22.1 Å². The van der Waals surface area contributed by atoms with Crippen molar-refractivity contribution in [3.63, 3.8) is 0 Å². The number of nitrogens with one attached hydrogen (secondary N) is 1. The lowest BCUT2D eigenvalue weighted by Crippen LogP contribution is -2.44. The number of hydrogen-bond donors (Lipinski definition) is 1. The predicted octanol–water partition coefficient (Wildman–Crippen LogP) is 4.83. The molecule has 0 unspecified atom stereocenters. The summed E-state index contributed by atoms with van der Waals surface area (Å²) in [6.45, 7) is 6.07. The third kappa shape index (κ3) is 3.60. The maximum absolute atomic E-state index is 13.1. The van der Waals surface area contributed by atoms with Gasteiger partial charge in [-0.05, 0) is 61.4 Å². The van der Waals surface area contributed by atoms with Gasteiger partial charge in [0.25, 0.3) is 0 Å². The van der Waals surface area contributed by atoms with Crippen LogP contribution in [0.4, 0.5) is 10.5 Å². The van der Waals surface area contributed by atoms with E-state index in [1.165, 1.54) is 0 Å². The van der Waals surface area contributed by atoms with Crippen molar-refractivity contribution < 1.29 is 9.53 Å². The van der Waals surface area contributed by atoms with Crippen LogP contribution in [0.15, 0.2) is 66.9 Å². The number of nitrogens with zero attached hydrogens (tertiary/aromatic N) is 2. The van der Waals surface area contributed by atoms with Gasteiger partial charge < -0.3 is 19.5 Å². The van der Waals surface area contributed by atoms with Crippen LogP contribution in [0.3, 0.4) is 0 Å². The van der Waals surface area contributed by atoms with E-state index in [9.17, 15) is 4.79 Å². The van der Waals surface area contributed by atoms with E-state index < -0.39 is 0 Å². The highest BCUT2D eigenvalue weighted by Gasteiger charge is 2.32. The first-order valence-corrected chi connectivity index (χ1v) is 9.68. The molecule has 0 radical (unpaired) electrons. The monoisotopic (exact) mass is 375 g/mol. The summed E-state index contributed by atoms with van der Waals surface area (Å²) in [5, 5.41) is 3.06. The number of anilines is 1. The number of aryl methyl sites for hydroxylation is 1. The van der Waals surface area contributed by atoms with Crippen molar-refractivity contribution in [3.05, 3.63) is 83.7 Å². The SMILES string of the molecule is CCOc1ccc([C@@H]2c3cccn3CCN2C(=O)Nc2cccc(C)c2)cc1. The third-order valence-electron chi connectivity index (χ3n) is 5.08. The number of benzene rings is 2. The zero-order chi connectivity index (χ0) is 19.5. The van der Waals surface area contributed by atoms with E-state index in [1.807, 2.05) is 73.3 Å². The van der Waals surface area contributed by atoms with Crippen LogP contribution in [0, 0.1) is 6.92 Å². The van der Waals surface area contributed by atoms with Crippen LogP contribution in [0.2, 0.25) is 0 Å². The average molecular weight is 375 g/mol. The van der Waals surface area contributed by atoms with Crippen LogP contribution in [0.25, 0.3) is 0 Å². The number of carbonyl (C=O) groups excluding carboxylic acids is 1. The predicted molar refractivity (Wildman–Crippen MR) is 111 cm³/mol. The number of aromatic nitrogens is 1. The van der Waals surface area contributed by atoms with Gasteiger partial charge in [-0.1, -0.05) is 24.3 Å². The van der Waals surface area contributed by atoms with Gasteiger partial charge in [-0.25, -0.2) is 4.79 Å². The Bertz CT molecular complexity index is 962. The van der Waals surface area contributed by atoms with E-state index in [4.69, 9.17) is 4.74 Å². The van der Waals surface area contributed by atoms with E-state index >= 15 is 0 Å². The quantitative estimate of drug-likeness (QED) is 0.710. The minimum atomic E-state index is -0.135. The second kappa shape index (κ2) is 7.80. The summed E-state index contributed by atoms with van der Waals surface area (Å²) in [6, 6.07) is 19.8. The minimum Gasteiger partial charge on any atom is -0.494 e. The van der Waals surface area contributed by atoms with Gasteiger partial charge in [0.05, 0.1) is 12.6 Å². The van der Waals surface area contributed by atoms with Gasteiger partial charge >= 0.3 is 6.03 Å². The number of rotatable bonds is 4. The third-order valence-corrected chi connectivity index (χ3v) is 5.08. The Morgan fingerprint density at radius 2 is 1.93 bits per heavy atom. The van der Waals surface area contributed by atoms with Gasteiger partial charge in [-0.15, -0.1) is 0 Å². The molecular formula is C23H25N3O2. The van der Waals surface area contributed by atoms with Gasteiger partial charge in [0.15, 0.2) is 0 Å². The molecule has 0 fully saturated rings. The lowest BCUT2D eigenvalue weighted by molar-refractivity contribution is 0.182. The molecule has 3 aromatic rings. The first-order valence-electron chi connectivity index (χ1n) is 9.68. The Hall–Kier alpha value is -3.21. The smallest absolute Gasteiger partial charge is 0.322 e. The summed E-state index contributed by atoms with van der Waals surface area (Å²) < 4.78 is 7.79. The Kier molecular flexibility index (Phi) is 5.06. The Morgan fingerprint density at radius 3 is 2.68 bits per heavy atom. The molecule has 2 heterocycles. The molecule has 0 bridgehead atoms. The first kappa shape index (κ1) is 18.2. The van der Waals surface area contributed by atoms with Crippen molar-refractivity contribution in [2.24, 2.45) is 0 Å². The lowest BCUT2D eigenvalue weighted by Gasteiger charge is -2.37. The fraction of sp³-hybridized carbons (Fsp3) is 0.261. The van der Waals surface area contributed by atoms with Gasteiger partial charge in [0.2, 0.25) is 0 Å². The molecule has 0 aliphatic carbocycles. The summed E-state index contributed by atoms with van der Waals surface area (Å²) in [5.74, 6) is 0.841. The van der Waals surface area contributed by atoms with Crippen LogP contribution >= 0.6 is 0 Å². The van der Waals surface area contributed by atoms with Crippen molar-refractivity contribution in [1.82, 2.24) is 9.47 Å². The van der Waals surface area contributed by atoms with Crippen molar-refractivity contribution >= 4 is 11.7 Å². The molecule has 28 heavy (non-hydrogen) atoms. The minimum absolute atomic E-state index is 0.0862. The van der Waals surface area contributed by atoms with Gasteiger partial charge in [0, 0.05) is 30.7 Å². The average Bonchev–Trinajstić information content (AvgIpc) is 3.17. The first-order chi connectivity index (χ1) is 13.7. The Balaban J connectivity index is 1.64. The number of urea groups is 1. The van der Waals surface area contributed by atoms with Gasteiger partial charge in [-0.2, -0.15) is 0 Å². The summed E-state index contributed by atoms with van der Waals surface area (Å²) >= 11 is 0. The molecule has 1 aromatic heterocycles. The molecular weight excluding hydrogens is 350 g/mol. The molecule has 0 saturated carbocycles. The maximum atomic E-state index is 13.1. The molecule has 5 nitrogen and oxygen atoms in total. The highest BCUT2D eigenvalue weighted by Crippen LogP contribution is 2.33. The Labute approximate surface area is 165 Å². The fourth-order valence-electron chi connectivity index (χ4n) is 3.78. The number of fused-ring (bicyclic) bond motifs is 1. The van der Waals surface area contributed by atoms with Crippen molar-refractivity contribution in [3.8, 4) is 5.75 Å². The van der Waals surface area contributed by atoms with Gasteiger partial charge in [0.1, 0.15) is 5.75 Å². The standard InChI is InChI=1S/C23H25N3O2/c1-3-28-20-11-9-18(10-12-20)22-21-8-5-13-25(21)14-15-26(22)23(27)24-19-7-4-6-17(2)16-19/h4-13,16,22H,3,14-15H2,1-2H3,(H,24,27)/t22-/m1/s1. The molecule has 1 N–H and O–H groups in total. The van der Waals surface area contributed by atoms with Crippen LogP contribution in [0.5, 0.6) is 5.75 Å². The van der Waals surface area contributed by atoms with Crippen molar-refractivity contribution in [2.45, 2.75) is 26.4 Å². The van der Waals surface area contributed by atoms with Crippen LogP contribution < -0.4 is 10.1 Å². The highest BCUT2D eigenvalue weighted by atomic mass is 16.5. The molecule has 4 rings (SSSR count).